The summed E-state index contributed by atoms with van der Waals surface area (Å²) in [5.74, 6) is 0.515. The molecule has 0 aromatic rings. The standard InChI is InChI=1S/C16H31N3O2/c1-4-13(5-2)16(21)19-10-8-14(9-11-19)18-15(20)7-6-12(3)17/h12-14H,4-11,17H2,1-3H3,(H,18,20). The molecule has 0 aromatic heterocycles. The Kier molecular flexibility index (Phi) is 7.72. The van der Waals surface area contributed by atoms with Crippen LogP contribution in [0.3, 0.4) is 0 Å². The number of likely N-dealkylation sites (tertiary alicyclic amines) is 1. The highest BCUT2D eigenvalue weighted by atomic mass is 16.2. The number of amides is 2. The van der Waals surface area contributed by atoms with Gasteiger partial charge in [0.2, 0.25) is 11.8 Å². The van der Waals surface area contributed by atoms with Gasteiger partial charge in [-0.15, -0.1) is 0 Å². The molecule has 0 aliphatic carbocycles. The van der Waals surface area contributed by atoms with Crippen molar-refractivity contribution in [3.05, 3.63) is 0 Å². The molecule has 1 aliphatic rings. The lowest BCUT2D eigenvalue weighted by atomic mass is 9.98. The third-order valence-corrected chi connectivity index (χ3v) is 4.33. The van der Waals surface area contributed by atoms with Gasteiger partial charge in [0.25, 0.3) is 0 Å². The first-order valence-corrected chi connectivity index (χ1v) is 8.31. The zero-order valence-electron chi connectivity index (χ0n) is 13.7. The molecular weight excluding hydrogens is 266 g/mol. The Morgan fingerprint density at radius 3 is 2.29 bits per heavy atom. The maximum atomic E-state index is 12.3. The van der Waals surface area contributed by atoms with Gasteiger partial charge < -0.3 is 16.0 Å². The lowest BCUT2D eigenvalue weighted by Crippen LogP contribution is -2.48. The van der Waals surface area contributed by atoms with E-state index in [-0.39, 0.29) is 29.8 Å². The van der Waals surface area contributed by atoms with E-state index in [1.54, 1.807) is 0 Å². The molecule has 122 valence electrons. The number of hydrogen-bond donors (Lipinski definition) is 2. The van der Waals surface area contributed by atoms with Gasteiger partial charge >= 0.3 is 0 Å². The molecule has 5 nitrogen and oxygen atoms in total. The predicted molar refractivity (Wildman–Crippen MR) is 84.7 cm³/mol. The topological polar surface area (TPSA) is 75.4 Å². The summed E-state index contributed by atoms with van der Waals surface area (Å²) in [6.45, 7) is 7.56. The van der Waals surface area contributed by atoms with Crippen molar-refractivity contribution in [3.8, 4) is 0 Å². The molecule has 5 heteroatoms. The highest BCUT2D eigenvalue weighted by Crippen LogP contribution is 2.17. The fourth-order valence-electron chi connectivity index (χ4n) is 2.80. The minimum absolute atomic E-state index is 0.0650. The fraction of sp³-hybridized carbons (Fsp3) is 0.875. The van der Waals surface area contributed by atoms with Crippen molar-refractivity contribution in [1.29, 1.82) is 0 Å². The van der Waals surface area contributed by atoms with E-state index >= 15 is 0 Å². The van der Waals surface area contributed by atoms with Gasteiger partial charge in [0.15, 0.2) is 0 Å². The maximum Gasteiger partial charge on any atom is 0.225 e. The lowest BCUT2D eigenvalue weighted by molar-refractivity contribution is -0.137. The number of rotatable bonds is 7. The van der Waals surface area contributed by atoms with E-state index in [2.05, 4.69) is 19.2 Å². The highest BCUT2D eigenvalue weighted by Gasteiger charge is 2.26. The van der Waals surface area contributed by atoms with E-state index in [1.807, 2.05) is 11.8 Å². The summed E-state index contributed by atoms with van der Waals surface area (Å²) >= 11 is 0. The van der Waals surface area contributed by atoms with Crippen LogP contribution >= 0.6 is 0 Å². The maximum absolute atomic E-state index is 12.3. The Morgan fingerprint density at radius 1 is 1.24 bits per heavy atom. The second kappa shape index (κ2) is 9.03. The first-order valence-electron chi connectivity index (χ1n) is 8.31. The Bertz CT molecular complexity index is 332. The monoisotopic (exact) mass is 297 g/mol. The summed E-state index contributed by atoms with van der Waals surface area (Å²) in [6, 6.07) is 0.270. The first-order chi connectivity index (χ1) is 9.97. The Labute approximate surface area is 128 Å². The number of nitrogens with two attached hydrogens (primary N) is 1. The van der Waals surface area contributed by atoms with Gasteiger partial charge in [-0.3, -0.25) is 9.59 Å². The van der Waals surface area contributed by atoms with Crippen LogP contribution in [0.2, 0.25) is 0 Å². The molecule has 0 spiro atoms. The molecule has 3 N–H and O–H groups in total. The molecule has 1 unspecified atom stereocenters. The smallest absolute Gasteiger partial charge is 0.225 e. The number of nitrogens with zero attached hydrogens (tertiary/aromatic N) is 1. The average Bonchev–Trinajstić information content (AvgIpc) is 2.47. The van der Waals surface area contributed by atoms with E-state index in [9.17, 15) is 9.59 Å². The Balaban J connectivity index is 2.32. The van der Waals surface area contributed by atoms with Gasteiger partial charge in [-0.2, -0.15) is 0 Å². The second-order valence-corrected chi connectivity index (χ2v) is 6.20. The number of nitrogens with one attached hydrogen (secondary N) is 1. The van der Waals surface area contributed by atoms with Crippen LogP contribution in [0.1, 0.15) is 59.3 Å². The van der Waals surface area contributed by atoms with Crippen molar-refractivity contribution >= 4 is 11.8 Å². The second-order valence-electron chi connectivity index (χ2n) is 6.20. The average molecular weight is 297 g/mol. The van der Waals surface area contributed by atoms with Gasteiger partial charge in [-0.25, -0.2) is 0 Å². The minimum atomic E-state index is 0.0650. The van der Waals surface area contributed by atoms with E-state index in [1.165, 1.54) is 0 Å². The molecular formula is C16H31N3O2. The predicted octanol–water partition coefficient (Wildman–Crippen LogP) is 1.66. The third kappa shape index (κ3) is 6.04. The van der Waals surface area contributed by atoms with Gasteiger partial charge in [-0.05, 0) is 39.0 Å². The van der Waals surface area contributed by atoms with E-state index in [4.69, 9.17) is 5.73 Å². The summed E-state index contributed by atoms with van der Waals surface area (Å²) in [5, 5.41) is 3.06. The van der Waals surface area contributed by atoms with Crippen LogP contribution in [0.25, 0.3) is 0 Å². The summed E-state index contributed by atoms with van der Waals surface area (Å²) in [4.78, 5) is 26.0. The number of piperidine rings is 1. The molecule has 0 radical (unpaired) electrons. The summed E-state index contributed by atoms with van der Waals surface area (Å²) in [5.41, 5.74) is 5.66. The van der Waals surface area contributed by atoms with E-state index < -0.39 is 0 Å². The Hall–Kier alpha value is -1.10. The van der Waals surface area contributed by atoms with E-state index in [0.717, 1.165) is 45.2 Å². The zero-order valence-corrected chi connectivity index (χ0v) is 13.7. The van der Waals surface area contributed by atoms with E-state index in [0.29, 0.717) is 6.42 Å². The quantitative estimate of drug-likeness (QED) is 0.750. The first kappa shape index (κ1) is 18.0. The van der Waals surface area contributed by atoms with Gasteiger partial charge in [0.05, 0.1) is 0 Å². The van der Waals surface area contributed by atoms with Crippen LogP contribution in [0.5, 0.6) is 0 Å². The summed E-state index contributed by atoms with van der Waals surface area (Å²) in [7, 11) is 0. The van der Waals surface area contributed by atoms with Crippen molar-refractivity contribution in [2.24, 2.45) is 11.7 Å². The van der Waals surface area contributed by atoms with Crippen molar-refractivity contribution in [3.63, 3.8) is 0 Å². The SMILES string of the molecule is CCC(CC)C(=O)N1CCC(NC(=O)CCC(C)N)CC1. The van der Waals surface area contributed by atoms with Gasteiger partial charge in [0.1, 0.15) is 0 Å². The van der Waals surface area contributed by atoms with Gasteiger partial charge in [-0.1, -0.05) is 13.8 Å². The van der Waals surface area contributed by atoms with Crippen LogP contribution in [-0.2, 0) is 9.59 Å². The number of hydrogen-bond acceptors (Lipinski definition) is 3. The van der Waals surface area contributed by atoms with Crippen molar-refractivity contribution in [2.45, 2.75) is 71.4 Å². The molecule has 1 aliphatic heterocycles. The van der Waals surface area contributed by atoms with Gasteiger partial charge in [0, 0.05) is 37.5 Å². The molecule has 1 fully saturated rings. The van der Waals surface area contributed by atoms with Crippen molar-refractivity contribution in [1.82, 2.24) is 10.2 Å². The largest absolute Gasteiger partial charge is 0.353 e. The molecule has 0 bridgehead atoms. The number of carbonyl (C=O) groups excluding carboxylic acids is 2. The molecule has 1 heterocycles. The zero-order chi connectivity index (χ0) is 15.8. The van der Waals surface area contributed by atoms with Crippen LogP contribution in [0, 0.1) is 5.92 Å². The van der Waals surface area contributed by atoms with Crippen LogP contribution in [-0.4, -0.2) is 41.9 Å². The van der Waals surface area contributed by atoms with Crippen molar-refractivity contribution in [2.75, 3.05) is 13.1 Å². The molecule has 2 amide bonds. The number of carbonyl (C=O) groups is 2. The molecule has 1 atom stereocenters. The molecule has 1 rings (SSSR count). The third-order valence-electron chi connectivity index (χ3n) is 4.33. The Morgan fingerprint density at radius 2 is 1.81 bits per heavy atom. The molecule has 1 saturated heterocycles. The summed E-state index contributed by atoms with van der Waals surface area (Å²) < 4.78 is 0. The normalized spacial score (nSPS) is 17.9. The summed E-state index contributed by atoms with van der Waals surface area (Å²) in [6.07, 6.45) is 4.74. The van der Waals surface area contributed by atoms with Crippen LogP contribution in [0.15, 0.2) is 0 Å². The molecule has 0 aromatic carbocycles. The minimum Gasteiger partial charge on any atom is -0.353 e. The fourth-order valence-corrected chi connectivity index (χ4v) is 2.80. The lowest BCUT2D eigenvalue weighted by Gasteiger charge is -2.34. The molecule has 0 saturated carbocycles. The van der Waals surface area contributed by atoms with Crippen LogP contribution in [0.4, 0.5) is 0 Å². The molecule has 21 heavy (non-hydrogen) atoms. The highest BCUT2D eigenvalue weighted by molar-refractivity contribution is 5.79. The van der Waals surface area contributed by atoms with Crippen LogP contribution < -0.4 is 11.1 Å². The van der Waals surface area contributed by atoms with Crippen molar-refractivity contribution < 1.29 is 9.59 Å².